The van der Waals surface area contributed by atoms with Crippen molar-refractivity contribution in [3.63, 3.8) is 0 Å². The number of hydrogen-bond acceptors (Lipinski definition) is 4. The Morgan fingerprint density at radius 1 is 1.08 bits per heavy atom. The first-order chi connectivity index (χ1) is 12.2. The normalized spacial score (nSPS) is 22.9. The molecule has 0 spiro atoms. The maximum absolute atomic E-state index is 12.7. The molecule has 3 fully saturated rings. The first kappa shape index (κ1) is 16.9. The second-order valence-electron chi connectivity index (χ2n) is 7.21. The monoisotopic (exact) mass is 364 g/mol. The molecule has 0 unspecified atom stereocenters. The summed E-state index contributed by atoms with van der Waals surface area (Å²) in [5.41, 5.74) is 0. The molecule has 3 heterocycles. The third-order valence-electron chi connectivity index (χ3n) is 5.51. The maximum Gasteiger partial charge on any atom is 0.320 e. The molecule has 1 aromatic heterocycles. The zero-order chi connectivity index (χ0) is 17.2. The van der Waals surface area contributed by atoms with E-state index in [2.05, 4.69) is 9.88 Å². The van der Waals surface area contributed by atoms with Crippen LogP contribution in [0.4, 0.5) is 4.79 Å². The predicted octanol–water partition coefficient (Wildman–Crippen LogP) is 2.48. The van der Waals surface area contributed by atoms with Crippen molar-refractivity contribution in [2.45, 2.75) is 37.8 Å². The standard InChI is InChI=1S/C18H25ClN4O2/c19-17-6-5-15(11-20-17)25-16-12-23(13-16)18(24)22-8-2-7-21(9-10-22)14-3-1-4-14/h5-6,11,14,16H,1-4,7-10,12-13H2. The lowest BCUT2D eigenvalue weighted by atomic mass is 9.91. The minimum absolute atomic E-state index is 0.0466. The third kappa shape index (κ3) is 3.85. The molecule has 0 N–H and O–H groups in total. The van der Waals surface area contributed by atoms with E-state index >= 15 is 0 Å². The lowest BCUT2D eigenvalue weighted by Gasteiger charge is -2.41. The molecule has 2 saturated heterocycles. The van der Waals surface area contributed by atoms with E-state index in [1.807, 2.05) is 15.9 Å². The average Bonchev–Trinajstić information content (AvgIpc) is 2.76. The van der Waals surface area contributed by atoms with Crippen LogP contribution in [0.1, 0.15) is 25.7 Å². The van der Waals surface area contributed by atoms with Gasteiger partial charge in [-0.3, -0.25) is 4.90 Å². The van der Waals surface area contributed by atoms with Crippen molar-refractivity contribution in [3.05, 3.63) is 23.5 Å². The number of halogens is 1. The molecule has 0 radical (unpaired) electrons. The van der Waals surface area contributed by atoms with E-state index in [0.717, 1.165) is 38.6 Å². The molecular formula is C18H25ClN4O2. The van der Waals surface area contributed by atoms with E-state index in [1.54, 1.807) is 12.3 Å². The zero-order valence-electron chi connectivity index (χ0n) is 14.4. The first-order valence-electron chi connectivity index (χ1n) is 9.25. The van der Waals surface area contributed by atoms with Crippen molar-refractivity contribution in [1.29, 1.82) is 0 Å². The highest BCUT2D eigenvalue weighted by Gasteiger charge is 2.36. The van der Waals surface area contributed by atoms with Crippen LogP contribution >= 0.6 is 11.6 Å². The number of aromatic nitrogens is 1. The van der Waals surface area contributed by atoms with E-state index in [4.69, 9.17) is 16.3 Å². The number of amides is 2. The Hall–Kier alpha value is -1.53. The van der Waals surface area contributed by atoms with E-state index < -0.39 is 0 Å². The maximum atomic E-state index is 12.7. The van der Waals surface area contributed by atoms with Crippen molar-refractivity contribution in [1.82, 2.24) is 19.7 Å². The molecule has 6 nitrogen and oxygen atoms in total. The van der Waals surface area contributed by atoms with E-state index in [0.29, 0.717) is 24.0 Å². The molecule has 1 aromatic rings. The highest BCUT2D eigenvalue weighted by atomic mass is 35.5. The molecule has 136 valence electrons. The Balaban J connectivity index is 1.23. The molecule has 25 heavy (non-hydrogen) atoms. The summed E-state index contributed by atoms with van der Waals surface area (Å²) in [6, 6.07) is 4.45. The molecule has 0 aromatic carbocycles. The van der Waals surface area contributed by atoms with E-state index in [1.165, 1.54) is 19.3 Å². The average molecular weight is 365 g/mol. The Morgan fingerprint density at radius 2 is 1.92 bits per heavy atom. The van der Waals surface area contributed by atoms with Gasteiger partial charge in [0.05, 0.1) is 19.3 Å². The fraction of sp³-hybridized carbons (Fsp3) is 0.667. The summed E-state index contributed by atoms with van der Waals surface area (Å²) in [4.78, 5) is 23.2. The van der Waals surface area contributed by atoms with Gasteiger partial charge in [0.2, 0.25) is 0 Å². The summed E-state index contributed by atoms with van der Waals surface area (Å²) in [6.07, 6.45) is 6.77. The van der Waals surface area contributed by atoms with Gasteiger partial charge in [0.25, 0.3) is 0 Å². The largest absolute Gasteiger partial charge is 0.485 e. The van der Waals surface area contributed by atoms with Crippen LogP contribution in [0.25, 0.3) is 0 Å². The summed E-state index contributed by atoms with van der Waals surface area (Å²) in [5.74, 6) is 0.701. The Bertz CT molecular complexity index is 602. The van der Waals surface area contributed by atoms with Crippen molar-refractivity contribution in [3.8, 4) is 5.75 Å². The number of carbonyl (C=O) groups excluding carboxylic acids is 1. The summed E-state index contributed by atoms with van der Waals surface area (Å²) >= 11 is 5.77. The van der Waals surface area contributed by atoms with Gasteiger partial charge in [-0.25, -0.2) is 9.78 Å². The number of urea groups is 1. The lowest BCUT2D eigenvalue weighted by Crippen LogP contribution is -2.60. The zero-order valence-corrected chi connectivity index (χ0v) is 15.2. The Kier molecular flexibility index (Phi) is 4.99. The number of rotatable bonds is 3. The molecule has 0 bridgehead atoms. The van der Waals surface area contributed by atoms with E-state index in [9.17, 15) is 4.79 Å². The molecule has 1 aliphatic carbocycles. The Morgan fingerprint density at radius 3 is 2.60 bits per heavy atom. The number of pyridine rings is 1. The highest BCUT2D eigenvalue weighted by molar-refractivity contribution is 6.29. The van der Waals surface area contributed by atoms with E-state index in [-0.39, 0.29) is 12.1 Å². The summed E-state index contributed by atoms with van der Waals surface area (Å²) < 4.78 is 5.83. The molecular weight excluding hydrogens is 340 g/mol. The third-order valence-corrected chi connectivity index (χ3v) is 5.74. The van der Waals surface area contributed by atoms with Crippen LogP contribution in [0, 0.1) is 0 Å². The van der Waals surface area contributed by atoms with Gasteiger partial charge in [-0.05, 0) is 31.4 Å². The van der Waals surface area contributed by atoms with Crippen LogP contribution in [0.15, 0.2) is 18.3 Å². The molecule has 0 atom stereocenters. The van der Waals surface area contributed by atoms with Crippen molar-refractivity contribution in [2.75, 3.05) is 39.3 Å². The number of likely N-dealkylation sites (tertiary alicyclic amines) is 1. The number of carbonyl (C=O) groups is 1. The minimum Gasteiger partial charge on any atom is -0.485 e. The summed E-state index contributed by atoms with van der Waals surface area (Å²) in [5, 5.41) is 0.454. The van der Waals surface area contributed by atoms with Gasteiger partial charge in [-0.2, -0.15) is 0 Å². The molecule has 4 rings (SSSR count). The van der Waals surface area contributed by atoms with Crippen molar-refractivity contribution < 1.29 is 9.53 Å². The first-order valence-corrected chi connectivity index (χ1v) is 9.63. The fourth-order valence-corrected chi connectivity index (χ4v) is 3.85. The van der Waals surface area contributed by atoms with Gasteiger partial charge >= 0.3 is 6.03 Å². The second kappa shape index (κ2) is 7.38. The predicted molar refractivity (Wildman–Crippen MR) is 96.0 cm³/mol. The van der Waals surface area contributed by atoms with Gasteiger partial charge in [0.15, 0.2) is 0 Å². The highest BCUT2D eigenvalue weighted by Crippen LogP contribution is 2.26. The van der Waals surface area contributed by atoms with Crippen LogP contribution in [0.5, 0.6) is 5.75 Å². The van der Waals surface area contributed by atoms with Crippen LogP contribution in [0.3, 0.4) is 0 Å². The number of hydrogen-bond donors (Lipinski definition) is 0. The van der Waals surface area contributed by atoms with Crippen molar-refractivity contribution >= 4 is 17.6 Å². The number of ether oxygens (including phenoxy) is 1. The fourth-order valence-electron chi connectivity index (χ4n) is 3.74. The van der Waals surface area contributed by atoms with Gasteiger partial charge in [-0.15, -0.1) is 0 Å². The SMILES string of the molecule is O=C(N1CCCN(C2CCC2)CC1)N1CC(Oc2ccc(Cl)nc2)C1. The van der Waals surface area contributed by atoms with Crippen LogP contribution in [0.2, 0.25) is 5.15 Å². The molecule has 2 amide bonds. The lowest BCUT2D eigenvalue weighted by molar-refractivity contribution is 0.0306. The second-order valence-corrected chi connectivity index (χ2v) is 7.59. The number of nitrogens with zero attached hydrogens (tertiary/aromatic N) is 4. The smallest absolute Gasteiger partial charge is 0.320 e. The Labute approximate surface area is 153 Å². The van der Waals surface area contributed by atoms with Crippen LogP contribution in [-0.4, -0.2) is 77.1 Å². The summed E-state index contributed by atoms with van der Waals surface area (Å²) in [7, 11) is 0. The van der Waals surface area contributed by atoms with Gasteiger partial charge in [-0.1, -0.05) is 18.0 Å². The minimum atomic E-state index is 0.0466. The molecule has 7 heteroatoms. The van der Waals surface area contributed by atoms with Crippen molar-refractivity contribution in [2.24, 2.45) is 0 Å². The molecule has 1 saturated carbocycles. The van der Waals surface area contributed by atoms with Gasteiger partial charge in [0, 0.05) is 32.2 Å². The van der Waals surface area contributed by atoms with Crippen LogP contribution in [-0.2, 0) is 0 Å². The quantitative estimate of drug-likeness (QED) is 0.773. The van der Waals surface area contributed by atoms with Gasteiger partial charge < -0.3 is 14.5 Å². The molecule has 3 aliphatic rings. The van der Waals surface area contributed by atoms with Crippen LogP contribution < -0.4 is 4.74 Å². The topological polar surface area (TPSA) is 48.9 Å². The van der Waals surface area contributed by atoms with Gasteiger partial charge in [0.1, 0.15) is 17.0 Å². The molecule has 2 aliphatic heterocycles. The summed E-state index contributed by atoms with van der Waals surface area (Å²) in [6.45, 7) is 5.14.